The summed E-state index contributed by atoms with van der Waals surface area (Å²) in [6.07, 6.45) is 5.78. The molecule has 2 rings (SSSR count). The van der Waals surface area contributed by atoms with E-state index in [0.29, 0.717) is 13.0 Å². The maximum Gasteiger partial charge on any atom is 0.225 e. The highest BCUT2D eigenvalue weighted by Crippen LogP contribution is 2.20. The zero-order valence-corrected chi connectivity index (χ0v) is 10.2. The molecule has 0 bridgehead atoms. The highest BCUT2D eigenvalue weighted by molar-refractivity contribution is 5.76. The van der Waals surface area contributed by atoms with Gasteiger partial charge < -0.3 is 9.64 Å². The molecule has 2 atom stereocenters. The Morgan fingerprint density at radius 1 is 1.35 bits per heavy atom. The molecule has 0 radical (unpaired) electrons. The number of hydrogen-bond acceptors (Lipinski definition) is 3. The van der Waals surface area contributed by atoms with E-state index in [1.807, 2.05) is 4.90 Å². The zero-order chi connectivity index (χ0) is 12.1. The van der Waals surface area contributed by atoms with E-state index in [1.165, 1.54) is 6.42 Å². The zero-order valence-electron chi connectivity index (χ0n) is 10.2. The molecule has 0 aliphatic carbocycles. The lowest BCUT2D eigenvalue weighted by atomic mass is 9.98. The van der Waals surface area contributed by atoms with Crippen LogP contribution in [0.4, 0.5) is 0 Å². The van der Waals surface area contributed by atoms with Gasteiger partial charge in [0.1, 0.15) is 0 Å². The molecule has 2 aliphatic heterocycles. The summed E-state index contributed by atoms with van der Waals surface area (Å²) in [5.41, 5.74) is 0. The van der Waals surface area contributed by atoms with Crippen LogP contribution in [0.1, 0.15) is 38.5 Å². The molecule has 2 unspecified atom stereocenters. The van der Waals surface area contributed by atoms with Gasteiger partial charge in [0.05, 0.1) is 24.5 Å². The second-order valence-corrected chi connectivity index (χ2v) is 5.00. The van der Waals surface area contributed by atoms with Gasteiger partial charge in [-0.1, -0.05) is 0 Å². The molecule has 0 saturated carbocycles. The maximum absolute atomic E-state index is 12.1. The smallest absolute Gasteiger partial charge is 0.225 e. The average Bonchev–Trinajstić information content (AvgIpc) is 2.40. The number of amides is 1. The van der Waals surface area contributed by atoms with Crippen LogP contribution in [0.25, 0.3) is 0 Å². The van der Waals surface area contributed by atoms with Gasteiger partial charge in [-0.15, -0.1) is 0 Å². The van der Waals surface area contributed by atoms with Crippen molar-refractivity contribution in [2.24, 2.45) is 5.92 Å². The molecule has 4 heteroatoms. The van der Waals surface area contributed by atoms with Gasteiger partial charge in [-0.2, -0.15) is 5.26 Å². The van der Waals surface area contributed by atoms with Crippen molar-refractivity contribution < 1.29 is 9.53 Å². The highest BCUT2D eigenvalue weighted by Gasteiger charge is 2.26. The Morgan fingerprint density at radius 2 is 2.24 bits per heavy atom. The minimum Gasteiger partial charge on any atom is -0.378 e. The predicted octanol–water partition coefficient (Wildman–Crippen LogP) is 1.71. The third-order valence-corrected chi connectivity index (χ3v) is 3.63. The molecule has 0 aromatic rings. The summed E-state index contributed by atoms with van der Waals surface area (Å²) in [5.74, 6) is 0.192. The Bertz CT molecular complexity index is 305. The fraction of sp³-hybridized carbons (Fsp3) is 0.846. The second-order valence-electron chi connectivity index (χ2n) is 5.00. The Kier molecular flexibility index (Phi) is 4.38. The first-order chi connectivity index (χ1) is 8.29. The van der Waals surface area contributed by atoms with E-state index in [4.69, 9.17) is 10.00 Å². The van der Waals surface area contributed by atoms with Crippen LogP contribution in [0.15, 0.2) is 0 Å². The molecule has 17 heavy (non-hydrogen) atoms. The highest BCUT2D eigenvalue weighted by atomic mass is 16.5. The first-order valence-corrected chi connectivity index (χ1v) is 6.58. The lowest BCUT2D eigenvalue weighted by Gasteiger charge is -2.31. The van der Waals surface area contributed by atoms with Crippen molar-refractivity contribution in [2.75, 3.05) is 19.7 Å². The summed E-state index contributed by atoms with van der Waals surface area (Å²) >= 11 is 0. The van der Waals surface area contributed by atoms with Crippen LogP contribution in [0.3, 0.4) is 0 Å². The third-order valence-electron chi connectivity index (χ3n) is 3.63. The standard InChI is InChI=1S/C13H20N2O2/c14-9-11-4-3-6-15(10-11)13(16)8-12-5-1-2-7-17-12/h11-12H,1-8,10H2. The monoisotopic (exact) mass is 236 g/mol. The van der Waals surface area contributed by atoms with Crippen LogP contribution in [0, 0.1) is 17.2 Å². The van der Waals surface area contributed by atoms with E-state index in [9.17, 15) is 4.79 Å². The van der Waals surface area contributed by atoms with Crippen molar-refractivity contribution >= 4 is 5.91 Å². The Morgan fingerprint density at radius 3 is 2.94 bits per heavy atom. The van der Waals surface area contributed by atoms with Crippen LogP contribution < -0.4 is 0 Å². The molecular weight excluding hydrogens is 216 g/mol. The third kappa shape index (κ3) is 3.44. The number of carbonyl (C=O) groups is 1. The molecule has 0 spiro atoms. The number of nitriles is 1. The van der Waals surface area contributed by atoms with Crippen molar-refractivity contribution in [3.63, 3.8) is 0 Å². The normalized spacial score (nSPS) is 29.7. The molecule has 1 amide bonds. The molecule has 94 valence electrons. The summed E-state index contributed by atoms with van der Waals surface area (Å²) in [4.78, 5) is 13.9. The van der Waals surface area contributed by atoms with Gasteiger partial charge in [-0.3, -0.25) is 4.79 Å². The first kappa shape index (κ1) is 12.4. The second kappa shape index (κ2) is 6.02. The summed E-state index contributed by atoms with van der Waals surface area (Å²) < 4.78 is 5.58. The van der Waals surface area contributed by atoms with E-state index >= 15 is 0 Å². The minimum absolute atomic E-state index is 0.0278. The molecule has 2 saturated heterocycles. The fourth-order valence-corrected chi connectivity index (χ4v) is 2.60. The van der Waals surface area contributed by atoms with Gasteiger partial charge in [0.2, 0.25) is 5.91 Å². The quantitative estimate of drug-likeness (QED) is 0.733. The molecular formula is C13H20N2O2. The Hall–Kier alpha value is -1.08. The number of ether oxygens (including phenoxy) is 1. The van der Waals surface area contributed by atoms with Gasteiger partial charge in [-0.25, -0.2) is 0 Å². The summed E-state index contributed by atoms with van der Waals surface area (Å²) in [7, 11) is 0. The topological polar surface area (TPSA) is 53.3 Å². The summed E-state index contributed by atoms with van der Waals surface area (Å²) in [6, 6.07) is 2.27. The molecule has 2 aliphatic rings. The summed E-state index contributed by atoms with van der Waals surface area (Å²) in [5, 5.41) is 8.90. The molecule has 4 nitrogen and oxygen atoms in total. The molecule has 2 heterocycles. The van der Waals surface area contributed by atoms with E-state index in [1.54, 1.807) is 0 Å². The molecule has 2 fully saturated rings. The van der Waals surface area contributed by atoms with E-state index in [-0.39, 0.29) is 17.9 Å². The van der Waals surface area contributed by atoms with Crippen LogP contribution >= 0.6 is 0 Å². The summed E-state index contributed by atoms with van der Waals surface area (Å²) in [6.45, 7) is 2.21. The van der Waals surface area contributed by atoms with Crippen LogP contribution in [-0.2, 0) is 9.53 Å². The van der Waals surface area contributed by atoms with Crippen molar-refractivity contribution in [2.45, 2.75) is 44.6 Å². The number of nitrogens with zero attached hydrogens (tertiary/aromatic N) is 2. The SMILES string of the molecule is N#CC1CCCN(C(=O)CC2CCCCO2)C1. The van der Waals surface area contributed by atoms with Crippen molar-refractivity contribution in [1.29, 1.82) is 5.26 Å². The number of likely N-dealkylation sites (tertiary alicyclic amines) is 1. The van der Waals surface area contributed by atoms with E-state index in [0.717, 1.165) is 38.8 Å². The average molecular weight is 236 g/mol. The van der Waals surface area contributed by atoms with E-state index in [2.05, 4.69) is 6.07 Å². The van der Waals surface area contributed by atoms with Crippen LogP contribution in [0.2, 0.25) is 0 Å². The van der Waals surface area contributed by atoms with Gasteiger partial charge >= 0.3 is 0 Å². The van der Waals surface area contributed by atoms with Crippen LogP contribution in [-0.4, -0.2) is 36.6 Å². The van der Waals surface area contributed by atoms with Gasteiger partial charge in [-0.05, 0) is 32.1 Å². The van der Waals surface area contributed by atoms with Crippen LogP contribution in [0.5, 0.6) is 0 Å². The fourth-order valence-electron chi connectivity index (χ4n) is 2.60. The number of carbonyl (C=O) groups excluding carboxylic acids is 1. The Balaban J connectivity index is 1.80. The lowest BCUT2D eigenvalue weighted by molar-refractivity contribution is -0.136. The lowest BCUT2D eigenvalue weighted by Crippen LogP contribution is -2.41. The molecule has 0 aromatic heterocycles. The number of rotatable bonds is 2. The van der Waals surface area contributed by atoms with Crippen molar-refractivity contribution in [3.05, 3.63) is 0 Å². The largest absolute Gasteiger partial charge is 0.378 e. The van der Waals surface area contributed by atoms with Crippen molar-refractivity contribution in [1.82, 2.24) is 4.90 Å². The predicted molar refractivity (Wildman–Crippen MR) is 63.1 cm³/mol. The van der Waals surface area contributed by atoms with Gasteiger partial charge in [0.25, 0.3) is 0 Å². The first-order valence-electron chi connectivity index (χ1n) is 6.58. The Labute approximate surface area is 103 Å². The maximum atomic E-state index is 12.1. The molecule has 0 aromatic carbocycles. The minimum atomic E-state index is 0.0278. The van der Waals surface area contributed by atoms with Gasteiger partial charge in [0, 0.05) is 19.7 Å². The van der Waals surface area contributed by atoms with E-state index < -0.39 is 0 Å². The molecule has 0 N–H and O–H groups in total. The number of hydrogen-bond donors (Lipinski definition) is 0. The van der Waals surface area contributed by atoms with Crippen molar-refractivity contribution in [3.8, 4) is 6.07 Å². The van der Waals surface area contributed by atoms with Gasteiger partial charge in [0.15, 0.2) is 0 Å². The number of piperidine rings is 1.